The van der Waals surface area contributed by atoms with Gasteiger partial charge in [0.25, 0.3) is 0 Å². The summed E-state index contributed by atoms with van der Waals surface area (Å²) in [5.41, 5.74) is 0. The number of hydrogen-bond donors (Lipinski definition) is 1. The van der Waals surface area contributed by atoms with Crippen molar-refractivity contribution in [2.75, 3.05) is 13.7 Å². The summed E-state index contributed by atoms with van der Waals surface area (Å²) in [7, 11) is 1.78. The molecule has 1 saturated carbocycles. The number of methoxy groups -OCH3 is 1. The van der Waals surface area contributed by atoms with Crippen LogP contribution in [0.5, 0.6) is 0 Å². The minimum atomic E-state index is 0.336. The van der Waals surface area contributed by atoms with Crippen LogP contribution in [-0.4, -0.2) is 25.8 Å². The van der Waals surface area contributed by atoms with Gasteiger partial charge in [0.2, 0.25) is 0 Å². The lowest BCUT2D eigenvalue weighted by molar-refractivity contribution is 0.108. The van der Waals surface area contributed by atoms with E-state index in [-0.39, 0.29) is 0 Å². The lowest BCUT2D eigenvalue weighted by atomic mass is 9.80. The van der Waals surface area contributed by atoms with E-state index in [2.05, 4.69) is 26.1 Å². The van der Waals surface area contributed by atoms with E-state index < -0.39 is 0 Å². The molecule has 1 rings (SSSR count). The fourth-order valence-electron chi connectivity index (χ4n) is 2.53. The van der Waals surface area contributed by atoms with Crippen LogP contribution in [0.2, 0.25) is 0 Å². The molecule has 2 nitrogen and oxygen atoms in total. The summed E-state index contributed by atoms with van der Waals surface area (Å²) >= 11 is 0. The Morgan fingerprint density at radius 2 is 1.79 bits per heavy atom. The first-order valence-electron chi connectivity index (χ1n) is 5.88. The van der Waals surface area contributed by atoms with Gasteiger partial charge in [-0.2, -0.15) is 0 Å². The third-order valence-corrected chi connectivity index (χ3v) is 3.27. The van der Waals surface area contributed by atoms with E-state index >= 15 is 0 Å². The summed E-state index contributed by atoms with van der Waals surface area (Å²) in [5.74, 6) is 1.77. The zero-order valence-electron chi connectivity index (χ0n) is 10.0. The van der Waals surface area contributed by atoms with E-state index in [1.807, 2.05) is 0 Å². The number of hydrogen-bond acceptors (Lipinski definition) is 2. The molecule has 0 radical (unpaired) electrons. The predicted molar refractivity (Wildman–Crippen MR) is 60.4 cm³/mol. The van der Waals surface area contributed by atoms with Gasteiger partial charge in [-0.25, -0.2) is 0 Å². The Bertz CT molecular complexity index is 150. The second-order valence-electron chi connectivity index (χ2n) is 5.07. The average Bonchev–Trinajstić information content (AvgIpc) is 2.12. The molecule has 3 unspecified atom stereocenters. The summed E-state index contributed by atoms with van der Waals surface area (Å²) in [6.45, 7) is 7.83. The molecule has 0 saturated heterocycles. The van der Waals surface area contributed by atoms with Crippen molar-refractivity contribution in [3.63, 3.8) is 0 Å². The van der Waals surface area contributed by atoms with Gasteiger partial charge >= 0.3 is 0 Å². The van der Waals surface area contributed by atoms with Gasteiger partial charge < -0.3 is 10.1 Å². The fraction of sp³-hybridized carbons (Fsp3) is 1.00. The smallest absolute Gasteiger partial charge is 0.0667 e. The van der Waals surface area contributed by atoms with E-state index in [4.69, 9.17) is 4.74 Å². The van der Waals surface area contributed by atoms with Crippen molar-refractivity contribution in [2.45, 2.75) is 52.2 Å². The molecule has 84 valence electrons. The Hall–Kier alpha value is -0.0800. The highest BCUT2D eigenvalue weighted by Gasteiger charge is 2.23. The molecule has 1 fully saturated rings. The molecule has 0 aromatic carbocycles. The van der Waals surface area contributed by atoms with E-state index in [1.165, 1.54) is 19.3 Å². The molecule has 2 heteroatoms. The van der Waals surface area contributed by atoms with Crippen LogP contribution in [0.1, 0.15) is 40.0 Å². The summed E-state index contributed by atoms with van der Waals surface area (Å²) < 4.78 is 5.23. The molecule has 0 aromatic heterocycles. The first-order valence-corrected chi connectivity index (χ1v) is 5.88. The van der Waals surface area contributed by atoms with Crippen molar-refractivity contribution in [3.8, 4) is 0 Å². The van der Waals surface area contributed by atoms with Gasteiger partial charge in [0.05, 0.1) is 6.10 Å². The highest BCUT2D eigenvalue weighted by molar-refractivity contribution is 4.80. The second kappa shape index (κ2) is 5.72. The lowest BCUT2D eigenvalue weighted by Crippen LogP contribution is -2.40. The molecule has 1 aliphatic carbocycles. The van der Waals surface area contributed by atoms with Crippen LogP contribution in [0, 0.1) is 11.8 Å². The molecule has 0 spiro atoms. The molecule has 3 atom stereocenters. The number of ether oxygens (including phenoxy) is 1. The van der Waals surface area contributed by atoms with Crippen molar-refractivity contribution >= 4 is 0 Å². The standard InChI is InChI=1S/C12H25NO/c1-9-5-10(2)7-12(6-9)13-8-11(3)14-4/h9-13H,5-8H2,1-4H3. The summed E-state index contributed by atoms with van der Waals surface area (Å²) in [5, 5.41) is 3.61. The summed E-state index contributed by atoms with van der Waals surface area (Å²) in [4.78, 5) is 0. The Kier molecular flexibility index (Phi) is 4.90. The SMILES string of the molecule is COC(C)CNC1CC(C)CC(C)C1. The van der Waals surface area contributed by atoms with Gasteiger partial charge in [0, 0.05) is 19.7 Å². The van der Waals surface area contributed by atoms with Crippen LogP contribution in [-0.2, 0) is 4.74 Å². The molecule has 1 aliphatic rings. The highest BCUT2D eigenvalue weighted by atomic mass is 16.5. The monoisotopic (exact) mass is 199 g/mol. The van der Waals surface area contributed by atoms with Gasteiger partial charge in [-0.05, 0) is 38.0 Å². The Morgan fingerprint density at radius 1 is 1.21 bits per heavy atom. The van der Waals surface area contributed by atoms with Crippen LogP contribution in [0.4, 0.5) is 0 Å². The molecular formula is C12H25NO. The van der Waals surface area contributed by atoms with Crippen molar-refractivity contribution in [1.29, 1.82) is 0 Å². The summed E-state index contributed by atoms with van der Waals surface area (Å²) in [6.07, 6.45) is 4.40. The predicted octanol–water partition coefficient (Wildman–Crippen LogP) is 2.44. The molecule has 0 aromatic rings. The van der Waals surface area contributed by atoms with Crippen molar-refractivity contribution in [2.24, 2.45) is 11.8 Å². The fourth-order valence-corrected chi connectivity index (χ4v) is 2.53. The third-order valence-electron chi connectivity index (χ3n) is 3.27. The zero-order chi connectivity index (χ0) is 10.6. The van der Waals surface area contributed by atoms with Crippen LogP contribution in [0.15, 0.2) is 0 Å². The van der Waals surface area contributed by atoms with E-state index in [9.17, 15) is 0 Å². The Morgan fingerprint density at radius 3 is 2.29 bits per heavy atom. The maximum absolute atomic E-state index is 5.23. The normalized spacial score (nSPS) is 35.6. The van der Waals surface area contributed by atoms with Crippen LogP contribution >= 0.6 is 0 Å². The third kappa shape index (κ3) is 3.97. The highest BCUT2D eigenvalue weighted by Crippen LogP contribution is 2.28. The van der Waals surface area contributed by atoms with E-state index in [0.717, 1.165) is 18.4 Å². The van der Waals surface area contributed by atoms with Crippen LogP contribution < -0.4 is 5.32 Å². The maximum atomic E-state index is 5.23. The van der Waals surface area contributed by atoms with Crippen molar-refractivity contribution in [3.05, 3.63) is 0 Å². The van der Waals surface area contributed by atoms with Crippen LogP contribution in [0.3, 0.4) is 0 Å². The van der Waals surface area contributed by atoms with Crippen molar-refractivity contribution < 1.29 is 4.74 Å². The van der Waals surface area contributed by atoms with Gasteiger partial charge in [0.15, 0.2) is 0 Å². The number of nitrogens with one attached hydrogen (secondary N) is 1. The molecule has 1 N–H and O–H groups in total. The molecule has 14 heavy (non-hydrogen) atoms. The largest absolute Gasteiger partial charge is 0.380 e. The van der Waals surface area contributed by atoms with Gasteiger partial charge in [-0.1, -0.05) is 13.8 Å². The minimum Gasteiger partial charge on any atom is -0.380 e. The molecule has 0 heterocycles. The van der Waals surface area contributed by atoms with Gasteiger partial charge in [-0.3, -0.25) is 0 Å². The first-order chi connectivity index (χ1) is 6.61. The topological polar surface area (TPSA) is 21.3 Å². The molecule has 0 bridgehead atoms. The molecule has 0 aliphatic heterocycles. The lowest BCUT2D eigenvalue weighted by Gasteiger charge is -2.32. The Balaban J connectivity index is 2.23. The Labute approximate surface area is 88.4 Å². The molecule has 0 amide bonds. The zero-order valence-corrected chi connectivity index (χ0v) is 10.0. The van der Waals surface area contributed by atoms with Gasteiger partial charge in [-0.15, -0.1) is 0 Å². The minimum absolute atomic E-state index is 0.336. The van der Waals surface area contributed by atoms with Gasteiger partial charge in [0.1, 0.15) is 0 Å². The first kappa shape index (κ1) is 12.0. The second-order valence-corrected chi connectivity index (χ2v) is 5.07. The van der Waals surface area contributed by atoms with E-state index in [1.54, 1.807) is 7.11 Å². The van der Waals surface area contributed by atoms with E-state index in [0.29, 0.717) is 12.1 Å². The number of rotatable bonds is 4. The van der Waals surface area contributed by atoms with Crippen LogP contribution in [0.25, 0.3) is 0 Å². The van der Waals surface area contributed by atoms with Crippen molar-refractivity contribution in [1.82, 2.24) is 5.32 Å². The average molecular weight is 199 g/mol. The maximum Gasteiger partial charge on any atom is 0.0667 e. The quantitative estimate of drug-likeness (QED) is 0.751. The molecular weight excluding hydrogens is 174 g/mol. The summed E-state index contributed by atoms with van der Waals surface area (Å²) in [6, 6.07) is 0.714.